The number of anilines is 1. The smallest absolute Gasteiger partial charge is 0.0314 e. The fraction of sp³-hybridized carbons (Fsp3) is 0.538. The molecular weight excluding hydrogens is 202 g/mol. The van der Waals surface area contributed by atoms with E-state index in [2.05, 4.69) is 32.9 Å². The van der Waals surface area contributed by atoms with Crippen LogP contribution in [0.15, 0.2) is 29.2 Å². The molecule has 1 nitrogen and oxygen atoms in total. The Bertz CT molecular complexity index is 277. The molecule has 0 radical (unpaired) electrons. The molecule has 0 spiro atoms. The van der Waals surface area contributed by atoms with E-state index in [4.69, 9.17) is 5.73 Å². The van der Waals surface area contributed by atoms with Crippen LogP contribution in [0.4, 0.5) is 5.69 Å². The molecule has 1 rings (SSSR count). The van der Waals surface area contributed by atoms with E-state index in [-0.39, 0.29) is 7.43 Å². The van der Waals surface area contributed by atoms with Crippen LogP contribution in [0.5, 0.6) is 0 Å². The molecule has 0 aliphatic carbocycles. The summed E-state index contributed by atoms with van der Waals surface area (Å²) in [4.78, 5) is 1.30. The van der Waals surface area contributed by atoms with Gasteiger partial charge in [0.05, 0.1) is 0 Å². The van der Waals surface area contributed by atoms with Gasteiger partial charge in [-0.1, -0.05) is 34.6 Å². The summed E-state index contributed by atoms with van der Waals surface area (Å²) >= 11 is 1.92. The van der Waals surface area contributed by atoms with E-state index in [1.54, 1.807) is 0 Å². The molecule has 0 aliphatic rings. The van der Waals surface area contributed by atoms with Crippen molar-refractivity contribution in [3.63, 3.8) is 0 Å². The molecular formula is C13H23NS. The van der Waals surface area contributed by atoms with Crippen LogP contribution in [-0.2, 0) is 0 Å². The highest BCUT2D eigenvalue weighted by molar-refractivity contribution is 8.00. The normalized spacial score (nSPS) is 10.9. The Kier molecular flexibility index (Phi) is 5.81. The predicted octanol–water partition coefficient (Wildman–Crippen LogP) is 4.58. The number of thioether (sulfide) groups is 1. The van der Waals surface area contributed by atoms with Crippen molar-refractivity contribution in [1.29, 1.82) is 0 Å². The van der Waals surface area contributed by atoms with E-state index in [1.807, 2.05) is 23.9 Å². The molecule has 1 aromatic carbocycles. The lowest BCUT2D eigenvalue weighted by Gasteiger charge is -2.23. The molecule has 0 amide bonds. The first-order valence-corrected chi connectivity index (χ1v) is 5.90. The summed E-state index contributed by atoms with van der Waals surface area (Å²) in [6.45, 7) is 6.81. The Hall–Kier alpha value is -0.630. The van der Waals surface area contributed by atoms with Gasteiger partial charge in [0.25, 0.3) is 0 Å². The summed E-state index contributed by atoms with van der Waals surface area (Å²) in [5.74, 6) is 0. The quantitative estimate of drug-likeness (QED) is 0.600. The molecule has 0 heterocycles. The zero-order chi connectivity index (χ0) is 10.6. The minimum Gasteiger partial charge on any atom is -0.399 e. The molecule has 0 fully saturated rings. The van der Waals surface area contributed by atoms with Gasteiger partial charge in [-0.3, -0.25) is 0 Å². The van der Waals surface area contributed by atoms with Gasteiger partial charge in [-0.2, -0.15) is 0 Å². The largest absolute Gasteiger partial charge is 0.399 e. The van der Waals surface area contributed by atoms with E-state index < -0.39 is 0 Å². The summed E-state index contributed by atoms with van der Waals surface area (Å²) in [5.41, 5.74) is 6.48. The first-order chi connectivity index (χ1) is 6.53. The van der Waals surface area contributed by atoms with Gasteiger partial charge >= 0.3 is 0 Å². The molecule has 2 N–H and O–H groups in total. The molecule has 0 atom stereocenters. The van der Waals surface area contributed by atoms with E-state index in [0.29, 0.717) is 4.75 Å². The number of benzene rings is 1. The molecule has 2 heteroatoms. The Balaban J connectivity index is 0.00000196. The second-order valence-corrected chi connectivity index (χ2v) is 5.96. The highest BCUT2D eigenvalue weighted by atomic mass is 32.2. The average Bonchev–Trinajstić information content (AvgIpc) is 2.08. The highest BCUT2D eigenvalue weighted by Gasteiger charge is 2.17. The molecule has 0 unspecified atom stereocenters. The Morgan fingerprint density at radius 1 is 1.20 bits per heavy atom. The second-order valence-electron chi connectivity index (χ2n) is 4.18. The molecule has 0 saturated carbocycles. The van der Waals surface area contributed by atoms with Crippen molar-refractivity contribution >= 4 is 17.4 Å². The monoisotopic (exact) mass is 225 g/mol. The van der Waals surface area contributed by atoms with Crippen molar-refractivity contribution in [2.24, 2.45) is 0 Å². The van der Waals surface area contributed by atoms with Crippen molar-refractivity contribution in [1.82, 2.24) is 0 Å². The third-order valence-electron chi connectivity index (χ3n) is 2.13. The van der Waals surface area contributed by atoms with Crippen LogP contribution < -0.4 is 5.73 Å². The number of hydrogen-bond acceptors (Lipinski definition) is 2. The zero-order valence-corrected chi connectivity index (χ0v) is 10.0. The first-order valence-electron chi connectivity index (χ1n) is 5.08. The summed E-state index contributed by atoms with van der Waals surface area (Å²) in [7, 11) is 0. The van der Waals surface area contributed by atoms with Crippen molar-refractivity contribution in [2.75, 3.05) is 5.73 Å². The Morgan fingerprint density at radius 3 is 2.20 bits per heavy atom. The molecule has 0 bridgehead atoms. The molecule has 1 aromatic rings. The van der Waals surface area contributed by atoms with E-state index >= 15 is 0 Å². The minimum absolute atomic E-state index is 0. The van der Waals surface area contributed by atoms with Gasteiger partial charge in [0.1, 0.15) is 0 Å². The lowest BCUT2D eigenvalue weighted by Crippen LogP contribution is -2.13. The molecule has 15 heavy (non-hydrogen) atoms. The fourth-order valence-corrected chi connectivity index (χ4v) is 2.72. The van der Waals surface area contributed by atoms with Crippen molar-refractivity contribution in [3.05, 3.63) is 24.3 Å². The van der Waals surface area contributed by atoms with Crippen LogP contribution in [0.2, 0.25) is 0 Å². The van der Waals surface area contributed by atoms with Crippen LogP contribution in [-0.4, -0.2) is 4.75 Å². The van der Waals surface area contributed by atoms with Crippen LogP contribution >= 0.6 is 11.8 Å². The number of hydrogen-bond donors (Lipinski definition) is 1. The van der Waals surface area contributed by atoms with Gasteiger partial charge < -0.3 is 5.73 Å². The van der Waals surface area contributed by atoms with Gasteiger partial charge in [0.2, 0.25) is 0 Å². The number of rotatable bonds is 4. The maximum absolute atomic E-state index is 5.64. The highest BCUT2D eigenvalue weighted by Crippen LogP contribution is 2.35. The summed E-state index contributed by atoms with van der Waals surface area (Å²) in [6.07, 6.45) is 2.47. The topological polar surface area (TPSA) is 26.0 Å². The summed E-state index contributed by atoms with van der Waals surface area (Å²) in [5, 5.41) is 0. The summed E-state index contributed by atoms with van der Waals surface area (Å²) in [6, 6.07) is 8.11. The molecule has 0 saturated heterocycles. The van der Waals surface area contributed by atoms with Gasteiger partial charge in [0.15, 0.2) is 0 Å². The van der Waals surface area contributed by atoms with Crippen LogP contribution in [0.25, 0.3) is 0 Å². The van der Waals surface area contributed by atoms with E-state index in [9.17, 15) is 0 Å². The predicted molar refractivity (Wildman–Crippen MR) is 72.4 cm³/mol. The summed E-state index contributed by atoms with van der Waals surface area (Å²) < 4.78 is 0.324. The maximum Gasteiger partial charge on any atom is 0.0314 e. The first kappa shape index (κ1) is 14.4. The standard InChI is InChI=1S/C12H19NS.CH4/c1-4-9-12(2,3)14-11-7-5-10(13)6-8-11;/h5-8H,4,9,13H2,1-3H3;1H4. The lowest BCUT2D eigenvalue weighted by molar-refractivity contribution is 0.627. The van der Waals surface area contributed by atoms with Gasteiger partial charge in [-0.25, -0.2) is 0 Å². The van der Waals surface area contributed by atoms with Gasteiger partial charge in [-0.05, 0) is 30.7 Å². The van der Waals surface area contributed by atoms with Crippen molar-refractivity contribution in [2.45, 2.75) is 50.7 Å². The fourth-order valence-electron chi connectivity index (χ4n) is 1.51. The van der Waals surface area contributed by atoms with E-state index in [1.165, 1.54) is 17.7 Å². The second kappa shape index (κ2) is 6.06. The lowest BCUT2D eigenvalue weighted by atomic mass is 10.1. The Labute approximate surface area is 98.5 Å². The third kappa shape index (κ3) is 5.12. The van der Waals surface area contributed by atoms with Crippen LogP contribution in [0.1, 0.15) is 41.0 Å². The van der Waals surface area contributed by atoms with Crippen LogP contribution in [0.3, 0.4) is 0 Å². The third-order valence-corrected chi connectivity index (χ3v) is 3.39. The van der Waals surface area contributed by atoms with Gasteiger partial charge in [0, 0.05) is 15.3 Å². The van der Waals surface area contributed by atoms with E-state index in [0.717, 1.165) is 5.69 Å². The SMILES string of the molecule is C.CCCC(C)(C)Sc1ccc(N)cc1. The Morgan fingerprint density at radius 2 is 1.73 bits per heavy atom. The molecule has 0 aromatic heterocycles. The average molecular weight is 225 g/mol. The maximum atomic E-state index is 5.64. The van der Waals surface area contributed by atoms with Gasteiger partial charge in [-0.15, -0.1) is 11.8 Å². The number of nitrogens with two attached hydrogens (primary N) is 1. The molecule has 0 aliphatic heterocycles. The minimum atomic E-state index is 0. The van der Waals surface area contributed by atoms with Crippen molar-refractivity contribution < 1.29 is 0 Å². The van der Waals surface area contributed by atoms with Crippen molar-refractivity contribution in [3.8, 4) is 0 Å². The molecule has 86 valence electrons. The number of nitrogen functional groups attached to an aromatic ring is 1. The zero-order valence-electron chi connectivity index (χ0n) is 9.21. The van der Waals surface area contributed by atoms with Crippen LogP contribution in [0, 0.1) is 0 Å².